The number of carbonyl (C=O) groups is 3. The number of amides is 3. The van der Waals surface area contributed by atoms with Crippen molar-refractivity contribution in [2.24, 2.45) is 0 Å². The minimum atomic E-state index is -0.801. The molecule has 2 N–H and O–H groups in total. The Morgan fingerprint density at radius 1 is 1.11 bits per heavy atom. The zero-order valence-electron chi connectivity index (χ0n) is 14.9. The second-order valence-electron chi connectivity index (χ2n) is 6.04. The summed E-state index contributed by atoms with van der Waals surface area (Å²) in [5.74, 6) is -1.81. The first kappa shape index (κ1) is 19.8. The van der Waals surface area contributed by atoms with E-state index in [1.165, 1.54) is 4.90 Å². The molecule has 1 atom stereocenters. The molecular weight excluding hydrogens is 384 g/mol. The molecule has 0 radical (unpaired) electrons. The molecule has 1 fully saturated rings. The zero-order valence-corrected chi connectivity index (χ0v) is 15.7. The maximum absolute atomic E-state index is 12.6. The lowest BCUT2D eigenvalue weighted by Gasteiger charge is -2.23. The van der Waals surface area contributed by atoms with Gasteiger partial charge in [0.15, 0.2) is 0 Å². The maximum atomic E-state index is 12.6. The lowest BCUT2D eigenvalue weighted by molar-refractivity contribution is -0.139. The minimum absolute atomic E-state index is 0.00910. The van der Waals surface area contributed by atoms with E-state index in [4.69, 9.17) is 16.3 Å². The molecule has 1 aromatic carbocycles. The summed E-state index contributed by atoms with van der Waals surface area (Å²) in [5.41, 5.74) is 1.11. The van der Waals surface area contributed by atoms with Crippen LogP contribution in [-0.2, 0) is 20.9 Å². The summed E-state index contributed by atoms with van der Waals surface area (Å²) in [6.07, 6.45) is 0.960. The summed E-state index contributed by atoms with van der Waals surface area (Å²) in [7, 11) is 0. The van der Waals surface area contributed by atoms with Crippen molar-refractivity contribution in [2.75, 3.05) is 19.7 Å². The molecule has 1 aliphatic rings. The molecule has 0 unspecified atom stereocenters. The normalized spacial score (nSPS) is 15.9. The van der Waals surface area contributed by atoms with Crippen LogP contribution in [-0.4, -0.2) is 53.5 Å². The van der Waals surface area contributed by atoms with Gasteiger partial charge in [-0.1, -0.05) is 17.7 Å². The Balaban J connectivity index is 1.49. The van der Waals surface area contributed by atoms with Crippen LogP contribution in [0, 0.1) is 0 Å². The van der Waals surface area contributed by atoms with Crippen LogP contribution in [0.4, 0.5) is 0 Å². The Kier molecular flexibility index (Phi) is 6.57. The van der Waals surface area contributed by atoms with Crippen molar-refractivity contribution < 1.29 is 19.1 Å². The molecule has 0 bridgehead atoms. The summed E-state index contributed by atoms with van der Waals surface area (Å²) >= 11 is 5.84. The number of carbonyl (C=O) groups excluding carboxylic acids is 3. The predicted molar refractivity (Wildman–Crippen MR) is 101 cm³/mol. The molecule has 1 aromatic heterocycles. The van der Waals surface area contributed by atoms with Crippen LogP contribution in [0.1, 0.15) is 16.1 Å². The molecule has 0 spiro atoms. The number of pyridine rings is 1. The number of nitrogens with zero attached hydrogens (tertiary/aromatic N) is 2. The fourth-order valence-corrected chi connectivity index (χ4v) is 2.82. The maximum Gasteiger partial charge on any atom is 0.309 e. The summed E-state index contributed by atoms with van der Waals surface area (Å²) < 4.78 is 5.51. The lowest BCUT2D eigenvalue weighted by atomic mass is 10.2. The highest BCUT2D eigenvalue weighted by atomic mass is 35.5. The molecule has 0 aliphatic carbocycles. The van der Waals surface area contributed by atoms with E-state index in [2.05, 4.69) is 15.6 Å². The van der Waals surface area contributed by atoms with Crippen LogP contribution in [0.5, 0.6) is 0 Å². The largest absolute Gasteiger partial charge is 0.355 e. The van der Waals surface area contributed by atoms with Crippen LogP contribution in [0.25, 0.3) is 0 Å². The summed E-state index contributed by atoms with van der Waals surface area (Å²) in [6.45, 7) is 0.906. The fraction of sp³-hybridized carbons (Fsp3) is 0.263. The van der Waals surface area contributed by atoms with Gasteiger partial charge in [-0.15, -0.1) is 0 Å². The van der Waals surface area contributed by atoms with E-state index < -0.39 is 18.0 Å². The summed E-state index contributed by atoms with van der Waals surface area (Å²) in [6, 6.07) is 11.8. The van der Waals surface area contributed by atoms with Crippen molar-refractivity contribution >= 4 is 29.3 Å². The second-order valence-corrected chi connectivity index (χ2v) is 6.48. The van der Waals surface area contributed by atoms with Crippen LogP contribution < -0.4 is 10.6 Å². The molecule has 2 aromatic rings. The van der Waals surface area contributed by atoms with Gasteiger partial charge in [0, 0.05) is 23.3 Å². The van der Waals surface area contributed by atoms with E-state index >= 15 is 0 Å². The lowest BCUT2D eigenvalue weighted by Crippen LogP contribution is -2.47. The van der Waals surface area contributed by atoms with Crippen molar-refractivity contribution in [3.8, 4) is 0 Å². The Hall–Kier alpha value is -2.97. The first-order chi connectivity index (χ1) is 13.5. The number of rotatable bonds is 5. The first-order valence-electron chi connectivity index (χ1n) is 8.68. The molecule has 2 heterocycles. The molecule has 1 aliphatic heterocycles. The van der Waals surface area contributed by atoms with Crippen LogP contribution in [0.3, 0.4) is 0 Å². The zero-order chi connectivity index (χ0) is 19.9. The van der Waals surface area contributed by atoms with E-state index in [0.717, 1.165) is 0 Å². The van der Waals surface area contributed by atoms with Crippen molar-refractivity contribution in [3.05, 3.63) is 64.9 Å². The third kappa shape index (κ3) is 5.05. The number of hydrogen-bond donors (Lipinski definition) is 2. The van der Waals surface area contributed by atoms with Gasteiger partial charge in [-0.25, -0.2) is 0 Å². The van der Waals surface area contributed by atoms with Gasteiger partial charge < -0.3 is 20.3 Å². The first-order valence-corrected chi connectivity index (χ1v) is 9.06. The van der Waals surface area contributed by atoms with Crippen molar-refractivity contribution in [1.82, 2.24) is 20.5 Å². The topological polar surface area (TPSA) is 101 Å². The van der Waals surface area contributed by atoms with Gasteiger partial charge in [0.25, 0.3) is 5.91 Å². The average molecular weight is 403 g/mol. The van der Waals surface area contributed by atoms with E-state index in [1.807, 2.05) is 0 Å². The molecule has 1 saturated heterocycles. The highest BCUT2D eigenvalue weighted by molar-refractivity contribution is 6.35. The monoisotopic (exact) mass is 402 g/mol. The fourth-order valence-electron chi connectivity index (χ4n) is 2.69. The standard InChI is InChI=1S/C19H19ClN4O4/c20-14-6-4-13(5-7-14)19(27)24-9-10-28-16(24)12-23-18(26)17(25)22-11-15-3-1-2-8-21-15/h1-8,16H,9-12H2,(H,22,25)(H,23,26)/t16-/m1/s1. The number of aromatic nitrogens is 1. The van der Waals surface area contributed by atoms with Gasteiger partial charge in [0.1, 0.15) is 6.23 Å². The number of nitrogens with one attached hydrogen (secondary N) is 2. The van der Waals surface area contributed by atoms with Gasteiger partial charge in [-0.05, 0) is 36.4 Å². The number of hydrogen-bond acceptors (Lipinski definition) is 5. The minimum Gasteiger partial charge on any atom is -0.355 e. The Morgan fingerprint density at radius 2 is 1.86 bits per heavy atom. The van der Waals surface area contributed by atoms with Crippen molar-refractivity contribution in [1.29, 1.82) is 0 Å². The van der Waals surface area contributed by atoms with Gasteiger partial charge in [-0.2, -0.15) is 0 Å². The van der Waals surface area contributed by atoms with Crippen molar-refractivity contribution in [2.45, 2.75) is 12.8 Å². The third-order valence-corrected chi connectivity index (χ3v) is 4.39. The van der Waals surface area contributed by atoms with Gasteiger partial charge >= 0.3 is 11.8 Å². The average Bonchev–Trinajstić information content (AvgIpc) is 3.19. The van der Waals surface area contributed by atoms with E-state index in [0.29, 0.717) is 29.4 Å². The highest BCUT2D eigenvalue weighted by Crippen LogP contribution is 2.16. The molecule has 28 heavy (non-hydrogen) atoms. The van der Waals surface area contributed by atoms with Crippen molar-refractivity contribution in [3.63, 3.8) is 0 Å². The molecule has 9 heteroatoms. The molecule has 3 rings (SSSR count). The Morgan fingerprint density at radius 3 is 2.57 bits per heavy atom. The van der Waals surface area contributed by atoms with Gasteiger partial charge in [0.2, 0.25) is 0 Å². The van der Waals surface area contributed by atoms with E-state index in [-0.39, 0.29) is 19.0 Å². The van der Waals surface area contributed by atoms with Crippen LogP contribution >= 0.6 is 11.6 Å². The predicted octanol–water partition coefficient (Wildman–Crippen LogP) is 0.966. The molecule has 0 saturated carbocycles. The SMILES string of the molecule is O=C(NCc1ccccn1)C(=O)NC[C@H]1OCCN1C(=O)c1ccc(Cl)cc1. The molecular formula is C19H19ClN4O4. The van der Waals surface area contributed by atoms with Crippen LogP contribution in [0.2, 0.25) is 5.02 Å². The molecule has 146 valence electrons. The Bertz CT molecular complexity index is 845. The number of ether oxygens (including phenoxy) is 1. The summed E-state index contributed by atoms with van der Waals surface area (Å²) in [5, 5.41) is 5.52. The van der Waals surface area contributed by atoms with E-state index in [9.17, 15) is 14.4 Å². The van der Waals surface area contributed by atoms with Gasteiger partial charge in [0.05, 0.1) is 25.4 Å². The summed E-state index contributed by atoms with van der Waals surface area (Å²) in [4.78, 5) is 42.1. The Labute approximate surface area is 166 Å². The smallest absolute Gasteiger partial charge is 0.309 e. The third-order valence-electron chi connectivity index (χ3n) is 4.14. The molecule has 3 amide bonds. The second kappa shape index (κ2) is 9.29. The highest BCUT2D eigenvalue weighted by Gasteiger charge is 2.31. The molecule has 8 nitrogen and oxygen atoms in total. The quantitative estimate of drug-likeness (QED) is 0.726. The number of halogens is 1. The van der Waals surface area contributed by atoms with Gasteiger partial charge in [-0.3, -0.25) is 19.4 Å². The van der Waals surface area contributed by atoms with E-state index in [1.54, 1.807) is 48.7 Å². The van der Waals surface area contributed by atoms with Crippen LogP contribution in [0.15, 0.2) is 48.7 Å². The number of benzene rings is 1.